The van der Waals surface area contributed by atoms with Gasteiger partial charge in [0.25, 0.3) is 0 Å². The fraction of sp³-hybridized carbons (Fsp3) is 0.514. The van der Waals surface area contributed by atoms with E-state index in [4.69, 9.17) is 9.47 Å². The van der Waals surface area contributed by atoms with Crippen LogP contribution in [0, 0.1) is 0 Å². The number of ether oxygens (including phenoxy) is 2. The highest BCUT2D eigenvalue weighted by Gasteiger charge is 2.47. The number of hydrogen-bond donors (Lipinski definition) is 0. The SMILES string of the molecule is C=CC(C)(CCC=C(C)C)OC(=O)C(CCCCCC)(OC/C=C(\C)CCC=C(C)C)C(=CC=O)c1ccccc1. The fourth-order valence-corrected chi connectivity index (χ4v) is 4.66. The maximum Gasteiger partial charge on any atom is 0.344 e. The van der Waals surface area contributed by atoms with Crippen molar-refractivity contribution < 1.29 is 19.1 Å². The van der Waals surface area contributed by atoms with Crippen LogP contribution in [0.3, 0.4) is 0 Å². The molecule has 226 valence electrons. The quantitative estimate of drug-likeness (QED) is 0.0522. The van der Waals surface area contributed by atoms with E-state index in [0.29, 0.717) is 18.4 Å². The first-order valence-electron chi connectivity index (χ1n) is 15.2. The third-order valence-electron chi connectivity index (χ3n) is 7.27. The van der Waals surface area contributed by atoms with Gasteiger partial charge >= 0.3 is 5.97 Å². The average molecular weight is 563 g/mol. The summed E-state index contributed by atoms with van der Waals surface area (Å²) in [5, 5.41) is 0. The summed E-state index contributed by atoms with van der Waals surface area (Å²) in [5.74, 6) is -0.485. The highest BCUT2D eigenvalue weighted by atomic mass is 16.6. The van der Waals surface area contributed by atoms with Gasteiger partial charge in [0.2, 0.25) is 0 Å². The Kier molecular flexibility index (Phi) is 16.9. The van der Waals surface area contributed by atoms with E-state index in [1.54, 1.807) is 6.08 Å². The molecule has 1 aromatic rings. The maximum atomic E-state index is 14.4. The first kappa shape index (κ1) is 36.0. The largest absolute Gasteiger partial charge is 0.453 e. The zero-order chi connectivity index (χ0) is 30.7. The van der Waals surface area contributed by atoms with Gasteiger partial charge in [0.05, 0.1) is 6.61 Å². The maximum absolute atomic E-state index is 14.4. The molecule has 2 atom stereocenters. The van der Waals surface area contributed by atoms with E-state index < -0.39 is 17.2 Å². The second-order valence-electron chi connectivity index (χ2n) is 11.6. The minimum Gasteiger partial charge on any atom is -0.453 e. The van der Waals surface area contributed by atoms with E-state index in [1.165, 1.54) is 22.8 Å². The molecule has 0 aliphatic heterocycles. The van der Waals surface area contributed by atoms with Gasteiger partial charge in [-0.3, -0.25) is 4.79 Å². The second-order valence-corrected chi connectivity index (χ2v) is 11.6. The van der Waals surface area contributed by atoms with Gasteiger partial charge < -0.3 is 9.47 Å². The lowest BCUT2D eigenvalue weighted by Gasteiger charge is -2.37. The Balaban J connectivity index is 3.59. The van der Waals surface area contributed by atoms with Gasteiger partial charge in [0, 0.05) is 5.57 Å². The van der Waals surface area contributed by atoms with Crippen molar-refractivity contribution >= 4 is 17.8 Å². The second kappa shape index (κ2) is 19.2. The lowest BCUT2D eigenvalue weighted by atomic mass is 9.82. The summed E-state index contributed by atoms with van der Waals surface area (Å²) < 4.78 is 12.9. The molecule has 0 aliphatic carbocycles. The first-order chi connectivity index (χ1) is 19.5. The number of benzene rings is 1. The number of esters is 1. The smallest absolute Gasteiger partial charge is 0.344 e. The van der Waals surface area contributed by atoms with Gasteiger partial charge in [-0.2, -0.15) is 0 Å². The zero-order valence-electron chi connectivity index (χ0n) is 26.8. The van der Waals surface area contributed by atoms with Crippen LogP contribution in [0.25, 0.3) is 5.57 Å². The summed E-state index contributed by atoms with van der Waals surface area (Å²) in [7, 11) is 0. The van der Waals surface area contributed by atoms with Crippen LogP contribution in [-0.2, 0) is 19.1 Å². The molecule has 4 nitrogen and oxygen atoms in total. The van der Waals surface area contributed by atoms with E-state index in [9.17, 15) is 9.59 Å². The molecule has 0 bridgehead atoms. The molecule has 0 aliphatic rings. The summed E-state index contributed by atoms with van der Waals surface area (Å²) in [6.45, 7) is 18.7. The van der Waals surface area contributed by atoms with Crippen LogP contribution in [0.5, 0.6) is 0 Å². The molecule has 0 saturated heterocycles. The van der Waals surface area contributed by atoms with Crippen LogP contribution in [0.4, 0.5) is 0 Å². The van der Waals surface area contributed by atoms with Crippen LogP contribution in [-0.4, -0.2) is 30.1 Å². The van der Waals surface area contributed by atoms with Gasteiger partial charge in [-0.15, -0.1) is 0 Å². The van der Waals surface area contributed by atoms with Crippen molar-refractivity contribution in [2.75, 3.05) is 6.61 Å². The molecular weight excluding hydrogens is 508 g/mol. The summed E-state index contributed by atoms with van der Waals surface area (Å²) in [6, 6.07) is 9.55. The molecule has 0 fully saturated rings. The topological polar surface area (TPSA) is 52.6 Å². The van der Waals surface area contributed by atoms with Crippen molar-refractivity contribution in [2.24, 2.45) is 0 Å². The van der Waals surface area contributed by atoms with Gasteiger partial charge in [-0.25, -0.2) is 4.79 Å². The molecule has 0 radical (unpaired) electrons. The molecule has 0 N–H and O–H groups in total. The molecule has 0 heterocycles. The lowest BCUT2D eigenvalue weighted by Crippen LogP contribution is -2.48. The Bertz CT molecular complexity index is 1070. The summed E-state index contributed by atoms with van der Waals surface area (Å²) >= 11 is 0. The van der Waals surface area contributed by atoms with E-state index in [-0.39, 0.29) is 6.61 Å². The monoisotopic (exact) mass is 562 g/mol. The normalized spacial score (nSPS) is 14.8. The summed E-state index contributed by atoms with van der Waals surface area (Å²) in [4.78, 5) is 26.4. The lowest BCUT2D eigenvalue weighted by molar-refractivity contribution is -0.175. The minimum atomic E-state index is -1.45. The van der Waals surface area contributed by atoms with Crippen LogP contribution in [0.2, 0.25) is 0 Å². The Labute approximate surface area is 250 Å². The number of carbonyl (C=O) groups is 2. The Morgan fingerprint density at radius 1 is 0.902 bits per heavy atom. The summed E-state index contributed by atoms with van der Waals surface area (Å²) in [5.41, 5.74) is 2.65. The van der Waals surface area contributed by atoms with Gasteiger partial charge in [0.15, 0.2) is 5.60 Å². The number of rotatable bonds is 20. The van der Waals surface area contributed by atoms with Gasteiger partial charge in [-0.05, 0) is 97.8 Å². The third kappa shape index (κ3) is 13.0. The van der Waals surface area contributed by atoms with Crippen molar-refractivity contribution in [3.63, 3.8) is 0 Å². The van der Waals surface area contributed by atoms with Gasteiger partial charge in [0.1, 0.15) is 11.9 Å². The molecule has 0 spiro atoms. The molecule has 4 heteroatoms. The van der Waals surface area contributed by atoms with Crippen LogP contribution in [0.15, 0.2) is 84.0 Å². The molecular formula is C37H54O4. The number of unbranched alkanes of at least 4 members (excludes halogenated alkanes) is 3. The van der Waals surface area contributed by atoms with E-state index in [0.717, 1.165) is 56.8 Å². The van der Waals surface area contributed by atoms with Crippen LogP contribution in [0.1, 0.15) is 112 Å². The van der Waals surface area contributed by atoms with Gasteiger partial charge in [-0.1, -0.05) is 98.0 Å². The van der Waals surface area contributed by atoms with Crippen molar-refractivity contribution in [1.29, 1.82) is 0 Å². The molecule has 0 saturated carbocycles. The third-order valence-corrected chi connectivity index (χ3v) is 7.27. The van der Waals surface area contributed by atoms with E-state index >= 15 is 0 Å². The number of carbonyl (C=O) groups excluding carboxylic acids is 2. The highest BCUT2D eigenvalue weighted by Crippen LogP contribution is 2.39. The minimum absolute atomic E-state index is 0.231. The van der Waals surface area contributed by atoms with Crippen molar-refractivity contribution in [1.82, 2.24) is 0 Å². The summed E-state index contributed by atoms with van der Waals surface area (Å²) in [6.07, 6.45) is 17.8. The Hall–Kier alpha value is -2.98. The molecule has 1 aromatic carbocycles. The predicted octanol–water partition coefficient (Wildman–Crippen LogP) is 9.92. The van der Waals surface area contributed by atoms with Crippen molar-refractivity contribution in [3.8, 4) is 0 Å². The standard InChI is InChI=1S/C37H54O4/c1-9-11-12-16-27-37(34(24-28-38)33-22-14-13-15-23-33,40-29-25-32(7)21-17-19-30(3)4)35(39)41-36(8,10-2)26-18-20-31(5)6/h10,13-15,19-20,22-25,28H,2,9,11-12,16-18,21,26-27,29H2,1,3-8H3/b32-25+,34-24?. The highest BCUT2D eigenvalue weighted by molar-refractivity contribution is 6.00. The number of aldehydes is 1. The molecule has 1 rings (SSSR count). The Morgan fingerprint density at radius 3 is 2.15 bits per heavy atom. The number of allylic oxidation sites excluding steroid dienone is 6. The van der Waals surface area contributed by atoms with Crippen molar-refractivity contribution in [2.45, 2.75) is 117 Å². The predicted molar refractivity (Wildman–Crippen MR) is 174 cm³/mol. The van der Waals surface area contributed by atoms with Crippen LogP contribution < -0.4 is 0 Å². The molecule has 41 heavy (non-hydrogen) atoms. The van der Waals surface area contributed by atoms with E-state index in [1.807, 2.05) is 43.3 Å². The zero-order valence-corrected chi connectivity index (χ0v) is 26.8. The Morgan fingerprint density at radius 2 is 1.56 bits per heavy atom. The van der Waals surface area contributed by atoms with E-state index in [2.05, 4.69) is 60.3 Å². The molecule has 0 aromatic heterocycles. The number of hydrogen-bond acceptors (Lipinski definition) is 4. The molecule has 2 unspecified atom stereocenters. The molecule has 0 amide bonds. The first-order valence-corrected chi connectivity index (χ1v) is 15.2. The fourth-order valence-electron chi connectivity index (χ4n) is 4.66. The van der Waals surface area contributed by atoms with Crippen LogP contribution >= 0.6 is 0 Å². The van der Waals surface area contributed by atoms with Crippen molar-refractivity contribution in [3.05, 3.63) is 89.6 Å². The average Bonchev–Trinajstić information content (AvgIpc) is 2.93.